The molecule has 2 aromatic heterocycles. The van der Waals surface area contributed by atoms with E-state index in [0.29, 0.717) is 17.9 Å². The number of hydrogen-bond donors (Lipinski definition) is 0. The van der Waals surface area contributed by atoms with Crippen molar-refractivity contribution in [3.8, 4) is 0 Å². The van der Waals surface area contributed by atoms with Crippen LogP contribution in [0.25, 0.3) is 11.0 Å². The van der Waals surface area contributed by atoms with Gasteiger partial charge in [0, 0.05) is 18.3 Å². The van der Waals surface area contributed by atoms with Gasteiger partial charge in [-0.25, -0.2) is 14.4 Å². The molecule has 104 valence electrons. The summed E-state index contributed by atoms with van der Waals surface area (Å²) in [5.74, 6) is 0.385. The number of para-hydroxylation sites is 1. The second kappa shape index (κ2) is 5.50. The van der Waals surface area contributed by atoms with E-state index in [1.165, 1.54) is 6.07 Å². The van der Waals surface area contributed by atoms with E-state index in [-0.39, 0.29) is 11.2 Å². The van der Waals surface area contributed by atoms with Crippen molar-refractivity contribution in [1.29, 1.82) is 0 Å². The maximum absolute atomic E-state index is 13.8. The molecule has 0 saturated heterocycles. The van der Waals surface area contributed by atoms with Crippen molar-refractivity contribution in [1.82, 2.24) is 14.5 Å². The monoisotopic (exact) mass is 309 g/mol. The van der Waals surface area contributed by atoms with E-state index in [1.807, 2.05) is 28.4 Å². The van der Waals surface area contributed by atoms with Gasteiger partial charge in [0.2, 0.25) is 0 Å². The van der Waals surface area contributed by atoms with Crippen molar-refractivity contribution in [2.75, 3.05) is 0 Å². The zero-order chi connectivity index (χ0) is 14.1. The van der Waals surface area contributed by atoms with Crippen LogP contribution in [0.2, 0.25) is 0 Å². The number of imidazole rings is 1. The fraction of sp³-hybridized carbons (Fsp3) is 0.286. The summed E-state index contributed by atoms with van der Waals surface area (Å²) in [7, 11) is 0. The fourth-order valence-corrected chi connectivity index (χ4v) is 3.02. The minimum absolute atomic E-state index is 0.266. The van der Waals surface area contributed by atoms with Gasteiger partial charge >= 0.3 is 0 Å². The molecule has 20 heavy (non-hydrogen) atoms. The van der Waals surface area contributed by atoms with Crippen LogP contribution in [0.3, 0.4) is 0 Å². The van der Waals surface area contributed by atoms with Crippen molar-refractivity contribution in [2.24, 2.45) is 0 Å². The SMILES string of the molecule is CC(Cl)c1nc2c(F)cccc2n1CCc1cscn1. The zero-order valence-electron chi connectivity index (χ0n) is 10.9. The average molecular weight is 310 g/mol. The third-order valence-corrected chi connectivity index (χ3v) is 4.02. The van der Waals surface area contributed by atoms with Crippen LogP contribution in [0.5, 0.6) is 0 Å². The standard InChI is InChI=1S/C14H13ClFN3S/c1-9(15)14-18-13-11(16)3-2-4-12(13)19(14)6-5-10-7-20-8-17-10/h2-4,7-9H,5-6H2,1H3. The molecule has 0 radical (unpaired) electrons. The number of nitrogens with zero attached hydrogens (tertiary/aromatic N) is 3. The van der Waals surface area contributed by atoms with Gasteiger partial charge in [-0.2, -0.15) is 0 Å². The number of benzene rings is 1. The number of halogens is 2. The summed E-state index contributed by atoms with van der Waals surface area (Å²) in [5.41, 5.74) is 4.00. The molecule has 3 aromatic rings. The maximum Gasteiger partial charge on any atom is 0.151 e. The Morgan fingerprint density at radius 3 is 3.00 bits per heavy atom. The predicted octanol–water partition coefficient (Wildman–Crippen LogP) is 4.17. The number of aryl methyl sites for hydroxylation is 2. The lowest BCUT2D eigenvalue weighted by atomic mass is 10.3. The summed E-state index contributed by atoms with van der Waals surface area (Å²) >= 11 is 7.74. The van der Waals surface area contributed by atoms with Gasteiger partial charge in [0.25, 0.3) is 0 Å². The number of alkyl halides is 1. The molecule has 1 unspecified atom stereocenters. The zero-order valence-corrected chi connectivity index (χ0v) is 12.5. The Hall–Kier alpha value is -1.46. The Bertz CT molecular complexity index is 721. The Kier molecular flexibility index (Phi) is 3.72. The molecule has 1 atom stereocenters. The van der Waals surface area contributed by atoms with Crippen LogP contribution < -0.4 is 0 Å². The highest BCUT2D eigenvalue weighted by Gasteiger charge is 2.17. The Morgan fingerprint density at radius 2 is 2.30 bits per heavy atom. The molecule has 0 aliphatic rings. The van der Waals surface area contributed by atoms with Crippen molar-refractivity contribution >= 4 is 34.0 Å². The van der Waals surface area contributed by atoms with Crippen LogP contribution in [0.4, 0.5) is 4.39 Å². The molecule has 0 bridgehead atoms. The number of aromatic nitrogens is 3. The molecule has 0 spiro atoms. The molecule has 0 N–H and O–H groups in total. The van der Waals surface area contributed by atoms with E-state index in [0.717, 1.165) is 17.6 Å². The van der Waals surface area contributed by atoms with Crippen LogP contribution in [-0.4, -0.2) is 14.5 Å². The van der Waals surface area contributed by atoms with Crippen LogP contribution in [0.1, 0.15) is 23.8 Å². The van der Waals surface area contributed by atoms with Crippen molar-refractivity contribution < 1.29 is 4.39 Å². The van der Waals surface area contributed by atoms with Gasteiger partial charge in [0.15, 0.2) is 5.82 Å². The van der Waals surface area contributed by atoms with Gasteiger partial charge in [-0.1, -0.05) is 6.07 Å². The highest BCUT2D eigenvalue weighted by atomic mass is 35.5. The van der Waals surface area contributed by atoms with Gasteiger partial charge in [0.05, 0.1) is 22.1 Å². The first kappa shape index (κ1) is 13.5. The maximum atomic E-state index is 13.8. The number of thiazole rings is 1. The summed E-state index contributed by atoms with van der Waals surface area (Å²) in [4.78, 5) is 8.62. The van der Waals surface area contributed by atoms with Crippen LogP contribution in [0.15, 0.2) is 29.1 Å². The number of rotatable bonds is 4. The molecular weight excluding hydrogens is 297 g/mol. The Morgan fingerprint density at radius 1 is 1.45 bits per heavy atom. The second-order valence-corrected chi connectivity index (χ2v) is 5.95. The molecule has 1 aromatic carbocycles. The quantitative estimate of drug-likeness (QED) is 0.677. The van der Waals surface area contributed by atoms with E-state index < -0.39 is 0 Å². The molecule has 6 heteroatoms. The average Bonchev–Trinajstić information content (AvgIpc) is 3.03. The van der Waals surface area contributed by atoms with E-state index in [9.17, 15) is 4.39 Å². The van der Waals surface area contributed by atoms with Gasteiger partial charge in [0.1, 0.15) is 11.3 Å². The first-order chi connectivity index (χ1) is 9.66. The summed E-state index contributed by atoms with van der Waals surface area (Å²) in [5, 5.41) is 1.75. The highest BCUT2D eigenvalue weighted by molar-refractivity contribution is 7.07. The van der Waals surface area contributed by atoms with E-state index >= 15 is 0 Å². The minimum atomic E-state index is -0.312. The topological polar surface area (TPSA) is 30.7 Å². The summed E-state index contributed by atoms with van der Waals surface area (Å²) in [6, 6.07) is 4.99. The van der Waals surface area contributed by atoms with Gasteiger partial charge < -0.3 is 4.57 Å². The van der Waals surface area contributed by atoms with Gasteiger partial charge in [-0.15, -0.1) is 22.9 Å². The molecule has 0 aliphatic carbocycles. The van der Waals surface area contributed by atoms with Crippen LogP contribution in [0, 0.1) is 5.82 Å². The number of fused-ring (bicyclic) bond motifs is 1. The Balaban J connectivity index is 2.02. The minimum Gasteiger partial charge on any atom is -0.326 e. The smallest absolute Gasteiger partial charge is 0.151 e. The Labute approximate surface area is 125 Å². The number of hydrogen-bond acceptors (Lipinski definition) is 3. The van der Waals surface area contributed by atoms with Crippen LogP contribution >= 0.6 is 22.9 Å². The molecule has 0 fully saturated rings. The summed E-state index contributed by atoms with van der Waals surface area (Å²) in [6.07, 6.45) is 0.780. The molecule has 0 saturated carbocycles. The molecule has 0 aliphatic heterocycles. The van der Waals surface area contributed by atoms with Crippen LogP contribution in [-0.2, 0) is 13.0 Å². The highest BCUT2D eigenvalue weighted by Crippen LogP contribution is 2.26. The fourth-order valence-electron chi connectivity index (χ4n) is 2.26. The molecule has 0 amide bonds. The molecule has 3 nitrogen and oxygen atoms in total. The largest absolute Gasteiger partial charge is 0.326 e. The lowest BCUT2D eigenvalue weighted by molar-refractivity contribution is 0.637. The predicted molar refractivity (Wildman–Crippen MR) is 79.8 cm³/mol. The first-order valence-corrected chi connectivity index (χ1v) is 7.70. The van der Waals surface area contributed by atoms with E-state index in [1.54, 1.807) is 17.4 Å². The first-order valence-electron chi connectivity index (χ1n) is 6.32. The van der Waals surface area contributed by atoms with Crippen molar-refractivity contribution in [2.45, 2.75) is 25.3 Å². The van der Waals surface area contributed by atoms with Crippen molar-refractivity contribution in [3.63, 3.8) is 0 Å². The van der Waals surface area contributed by atoms with Gasteiger partial charge in [-0.3, -0.25) is 0 Å². The molecule has 3 rings (SSSR count). The van der Waals surface area contributed by atoms with E-state index in [4.69, 9.17) is 11.6 Å². The van der Waals surface area contributed by atoms with E-state index in [2.05, 4.69) is 9.97 Å². The molecule has 2 heterocycles. The summed E-state index contributed by atoms with van der Waals surface area (Å²) < 4.78 is 15.8. The lowest BCUT2D eigenvalue weighted by Gasteiger charge is -2.09. The van der Waals surface area contributed by atoms with Crippen molar-refractivity contribution in [3.05, 3.63) is 46.4 Å². The normalized spacial score (nSPS) is 12.9. The third-order valence-electron chi connectivity index (χ3n) is 3.19. The second-order valence-electron chi connectivity index (χ2n) is 4.57. The molecular formula is C14H13ClFN3S. The lowest BCUT2D eigenvalue weighted by Crippen LogP contribution is -2.07. The third kappa shape index (κ3) is 2.43. The van der Waals surface area contributed by atoms with Gasteiger partial charge in [-0.05, 0) is 19.1 Å². The summed E-state index contributed by atoms with van der Waals surface area (Å²) in [6.45, 7) is 2.54.